The Labute approximate surface area is 194 Å². The molecular weight excluding hydrogens is 449 g/mol. The summed E-state index contributed by atoms with van der Waals surface area (Å²) >= 11 is 4.82. The lowest BCUT2D eigenvalue weighted by atomic mass is 10.1. The molecule has 1 heterocycles. The van der Waals surface area contributed by atoms with Crippen LogP contribution < -0.4 is 22.1 Å². The van der Waals surface area contributed by atoms with Crippen molar-refractivity contribution in [2.24, 2.45) is 16.6 Å². The summed E-state index contributed by atoms with van der Waals surface area (Å²) in [6, 6.07) is 8.52. The second kappa shape index (κ2) is 11.9. The molecule has 7 nitrogen and oxygen atoms in total. The Balaban J connectivity index is 0.00000166. The number of anilines is 1. The molecule has 10 heteroatoms. The van der Waals surface area contributed by atoms with Crippen LogP contribution in [-0.4, -0.2) is 35.4 Å². The summed E-state index contributed by atoms with van der Waals surface area (Å²) < 4.78 is 0. The van der Waals surface area contributed by atoms with Crippen molar-refractivity contribution in [3.05, 3.63) is 51.9 Å². The summed E-state index contributed by atoms with van der Waals surface area (Å²) in [4.78, 5) is 17.7. The van der Waals surface area contributed by atoms with Crippen LogP contribution in [0.4, 0.5) is 11.4 Å². The van der Waals surface area contributed by atoms with E-state index >= 15 is 0 Å². The molecule has 0 aliphatic heterocycles. The largest absolute Gasteiger partial charge is 0.505 e. The van der Waals surface area contributed by atoms with Gasteiger partial charge in [-0.3, -0.25) is 10.2 Å². The third kappa shape index (κ3) is 7.09. The number of thiol groups is 1. The highest BCUT2D eigenvalue weighted by atomic mass is 32.1. The highest BCUT2D eigenvalue weighted by Crippen LogP contribution is 2.31. The smallest absolute Gasteiger partial charge is 0.258 e. The minimum Gasteiger partial charge on any atom is -0.505 e. The lowest BCUT2D eigenvalue weighted by Gasteiger charge is -2.12. The highest BCUT2D eigenvalue weighted by Gasteiger charge is 2.25. The Morgan fingerprint density at radius 1 is 1.39 bits per heavy atom. The number of aliphatic hydroxyl groups excluding tert-OH is 1. The summed E-state index contributed by atoms with van der Waals surface area (Å²) in [5.41, 5.74) is 12.6. The fourth-order valence-electron chi connectivity index (χ4n) is 2.75. The number of aliphatic imine (C=N–C) groups is 1. The zero-order valence-corrected chi connectivity index (χ0v) is 20.1. The van der Waals surface area contributed by atoms with Gasteiger partial charge in [0.2, 0.25) is 0 Å². The molecule has 3 rings (SSSR count). The molecule has 1 atom stereocenters. The second-order valence-corrected chi connectivity index (χ2v) is 8.45. The van der Waals surface area contributed by atoms with Crippen LogP contribution in [0.3, 0.4) is 0 Å². The van der Waals surface area contributed by atoms with Crippen molar-refractivity contribution in [3.8, 4) is 0 Å². The van der Waals surface area contributed by atoms with Gasteiger partial charge in [0.05, 0.1) is 10.6 Å². The number of carbonyl (C=O) groups excluding carboxylic acids is 1. The Hall–Kier alpha value is -2.35. The van der Waals surface area contributed by atoms with Gasteiger partial charge in [-0.15, -0.1) is 20.6 Å². The number of hydrogen-bond donors (Lipinski definition) is 6. The van der Waals surface area contributed by atoms with Crippen LogP contribution in [0.5, 0.6) is 0 Å². The van der Waals surface area contributed by atoms with Crippen molar-refractivity contribution in [2.45, 2.75) is 19.3 Å². The maximum absolute atomic E-state index is 12.8. The first-order valence-corrected chi connectivity index (χ1v) is 12.0. The standard InChI is InChI=1S/C20H24N5O2PS.CH4S/c21-12-5-6-13(14(28)10-12)25-19(23)16(20(27)24-8-7-11-3-4-11)18(26)17(22)15-2-1-9-29-15;1-2/h1-2,5-6,9-11,22,26H,3-4,7-8,21,28H2,(H2,23,25)(H,24,27);2H,1H3/b18-16+,22-17?;. The second-order valence-electron chi connectivity index (χ2n) is 6.88. The van der Waals surface area contributed by atoms with Crippen LogP contribution in [0.1, 0.15) is 24.1 Å². The molecule has 166 valence electrons. The Kier molecular flexibility index (Phi) is 9.55. The van der Waals surface area contributed by atoms with Crippen molar-refractivity contribution in [2.75, 3.05) is 18.5 Å². The molecule has 0 radical (unpaired) electrons. The molecular formula is C21H28N5O2PS2. The molecule has 1 fully saturated rings. The molecule has 1 saturated carbocycles. The molecule has 1 aromatic carbocycles. The van der Waals surface area contributed by atoms with E-state index in [9.17, 15) is 9.90 Å². The van der Waals surface area contributed by atoms with E-state index in [4.69, 9.17) is 16.9 Å². The van der Waals surface area contributed by atoms with Crippen LogP contribution in [0.15, 0.2) is 52.0 Å². The average molecular weight is 478 g/mol. The molecule has 1 aliphatic carbocycles. The van der Waals surface area contributed by atoms with Crippen molar-refractivity contribution in [1.82, 2.24) is 5.32 Å². The number of allylic oxidation sites excluding steroid dienone is 1. The summed E-state index contributed by atoms with van der Waals surface area (Å²) in [5.74, 6) is -0.563. The van der Waals surface area contributed by atoms with Crippen LogP contribution >= 0.6 is 33.2 Å². The molecule has 0 spiro atoms. The van der Waals surface area contributed by atoms with Crippen molar-refractivity contribution < 1.29 is 9.90 Å². The van der Waals surface area contributed by atoms with E-state index < -0.39 is 11.7 Å². The average Bonchev–Trinajstić information content (AvgIpc) is 3.41. The molecule has 1 aromatic heterocycles. The normalized spacial score (nSPS) is 14.2. The molecule has 0 bridgehead atoms. The number of amides is 1. The zero-order valence-electron chi connectivity index (χ0n) is 17.3. The summed E-state index contributed by atoms with van der Waals surface area (Å²) in [6.45, 7) is 0.483. The number of amidine groups is 1. The van der Waals surface area contributed by atoms with Gasteiger partial charge in [0.15, 0.2) is 5.76 Å². The van der Waals surface area contributed by atoms with Crippen LogP contribution in [0.2, 0.25) is 0 Å². The molecule has 2 aromatic rings. The maximum Gasteiger partial charge on any atom is 0.258 e. The minimum atomic E-state index is -0.550. The SMILES string of the molecule is CS.N=C(/C(O)=C(\C(=O)NCCC1CC1)C(N)=Nc1ccc(N)cc1P)c1cccs1. The van der Waals surface area contributed by atoms with E-state index in [0.717, 1.165) is 6.42 Å². The van der Waals surface area contributed by atoms with Gasteiger partial charge in [-0.25, -0.2) is 4.99 Å². The first-order chi connectivity index (χ1) is 14.9. The van der Waals surface area contributed by atoms with Gasteiger partial charge < -0.3 is 21.9 Å². The monoisotopic (exact) mass is 477 g/mol. The Bertz CT molecular complexity index is 986. The summed E-state index contributed by atoms with van der Waals surface area (Å²) in [5, 5.41) is 24.3. The molecule has 1 amide bonds. The lowest BCUT2D eigenvalue weighted by Crippen LogP contribution is -2.34. The first kappa shape index (κ1) is 24.9. The van der Waals surface area contributed by atoms with Gasteiger partial charge in [-0.1, -0.05) is 18.9 Å². The van der Waals surface area contributed by atoms with Gasteiger partial charge in [-0.05, 0) is 53.5 Å². The van der Waals surface area contributed by atoms with Gasteiger partial charge >= 0.3 is 0 Å². The van der Waals surface area contributed by atoms with E-state index in [0.29, 0.717) is 34.0 Å². The number of rotatable bonds is 8. The molecule has 7 N–H and O–H groups in total. The van der Waals surface area contributed by atoms with Crippen molar-refractivity contribution in [1.29, 1.82) is 5.41 Å². The fraction of sp³-hybridized carbons (Fsp3) is 0.286. The van der Waals surface area contributed by atoms with Crippen LogP contribution in [0.25, 0.3) is 0 Å². The molecule has 1 aliphatic rings. The fourth-order valence-corrected chi connectivity index (χ4v) is 3.78. The van der Waals surface area contributed by atoms with Gasteiger partial charge in [0.25, 0.3) is 5.91 Å². The van der Waals surface area contributed by atoms with Crippen molar-refractivity contribution in [3.63, 3.8) is 0 Å². The van der Waals surface area contributed by atoms with E-state index in [-0.39, 0.29) is 17.1 Å². The lowest BCUT2D eigenvalue weighted by molar-refractivity contribution is -0.117. The van der Waals surface area contributed by atoms with Gasteiger partial charge in [0, 0.05) is 12.2 Å². The number of aliphatic hydroxyl groups is 1. The first-order valence-electron chi connectivity index (χ1n) is 9.65. The minimum absolute atomic E-state index is 0.166. The number of benzene rings is 1. The number of hydrogen-bond acceptors (Lipinski definition) is 7. The third-order valence-corrected chi connectivity index (χ3v) is 5.90. The topological polar surface area (TPSA) is 138 Å². The predicted molar refractivity (Wildman–Crippen MR) is 138 cm³/mol. The van der Waals surface area contributed by atoms with E-state index in [1.165, 1.54) is 24.2 Å². The third-order valence-electron chi connectivity index (χ3n) is 4.55. The van der Waals surface area contributed by atoms with E-state index in [1.807, 2.05) is 0 Å². The van der Waals surface area contributed by atoms with E-state index in [2.05, 4.69) is 32.2 Å². The van der Waals surface area contributed by atoms with Crippen molar-refractivity contribution >= 4 is 67.3 Å². The van der Waals surface area contributed by atoms with Crippen LogP contribution in [-0.2, 0) is 4.79 Å². The molecule has 1 unspecified atom stereocenters. The van der Waals surface area contributed by atoms with Crippen LogP contribution in [0, 0.1) is 11.3 Å². The maximum atomic E-state index is 12.8. The molecule has 31 heavy (non-hydrogen) atoms. The quantitative estimate of drug-likeness (QED) is 0.0661. The van der Waals surface area contributed by atoms with E-state index in [1.54, 1.807) is 42.0 Å². The number of carbonyl (C=O) groups is 1. The number of nitrogen functional groups attached to an aromatic ring is 1. The zero-order chi connectivity index (χ0) is 23.0. The number of nitrogens with two attached hydrogens (primary N) is 2. The Morgan fingerprint density at radius 3 is 2.68 bits per heavy atom. The molecule has 0 saturated heterocycles. The number of nitrogens with zero attached hydrogens (tertiary/aromatic N) is 1. The summed E-state index contributed by atoms with van der Waals surface area (Å²) in [6.07, 6.45) is 4.95. The summed E-state index contributed by atoms with van der Waals surface area (Å²) in [7, 11) is 2.51. The van der Waals surface area contributed by atoms with Gasteiger partial charge in [0.1, 0.15) is 17.1 Å². The predicted octanol–water partition coefficient (Wildman–Crippen LogP) is 3.16. The van der Waals surface area contributed by atoms with Gasteiger partial charge in [-0.2, -0.15) is 12.6 Å². The Morgan fingerprint density at radius 2 is 2.10 bits per heavy atom. The number of thiophene rings is 1. The highest BCUT2D eigenvalue weighted by molar-refractivity contribution is 7.79. The number of nitrogens with one attached hydrogen (secondary N) is 2.